The standard InChI is InChI=1S/C11H20O/c1-6-8-11(4,12-5)9-7-10(2)3/h6-7H,1,8-9H2,2-5H3. The van der Waals surface area contributed by atoms with Crippen LogP contribution in [0.3, 0.4) is 0 Å². The van der Waals surface area contributed by atoms with Gasteiger partial charge in [0.25, 0.3) is 0 Å². The van der Waals surface area contributed by atoms with Crippen LogP contribution in [0.4, 0.5) is 0 Å². The normalized spacial score (nSPS) is 15.0. The van der Waals surface area contributed by atoms with Crippen LogP contribution >= 0.6 is 0 Å². The Morgan fingerprint density at radius 2 is 2.00 bits per heavy atom. The highest BCUT2D eigenvalue weighted by molar-refractivity contribution is 4.99. The molecule has 0 aliphatic rings. The molecule has 1 atom stereocenters. The number of hydrogen-bond donors (Lipinski definition) is 0. The third-order valence-corrected chi connectivity index (χ3v) is 2.01. The van der Waals surface area contributed by atoms with Gasteiger partial charge in [-0.3, -0.25) is 0 Å². The first-order chi connectivity index (χ1) is 5.54. The van der Waals surface area contributed by atoms with Crippen molar-refractivity contribution in [1.29, 1.82) is 0 Å². The topological polar surface area (TPSA) is 9.23 Å². The monoisotopic (exact) mass is 168 g/mol. The van der Waals surface area contributed by atoms with Crippen molar-refractivity contribution < 1.29 is 4.74 Å². The van der Waals surface area contributed by atoms with E-state index in [-0.39, 0.29) is 5.60 Å². The maximum atomic E-state index is 5.41. The zero-order chi connectivity index (χ0) is 9.61. The molecule has 12 heavy (non-hydrogen) atoms. The largest absolute Gasteiger partial charge is 0.378 e. The number of methoxy groups -OCH3 is 1. The van der Waals surface area contributed by atoms with E-state index >= 15 is 0 Å². The first-order valence-electron chi connectivity index (χ1n) is 4.33. The van der Waals surface area contributed by atoms with Crippen LogP contribution in [0.5, 0.6) is 0 Å². The van der Waals surface area contributed by atoms with Crippen LogP contribution in [0.25, 0.3) is 0 Å². The summed E-state index contributed by atoms with van der Waals surface area (Å²) >= 11 is 0. The van der Waals surface area contributed by atoms with E-state index in [2.05, 4.69) is 33.4 Å². The van der Waals surface area contributed by atoms with Crippen LogP contribution in [-0.2, 0) is 4.74 Å². The molecule has 0 saturated carbocycles. The molecule has 70 valence electrons. The zero-order valence-corrected chi connectivity index (χ0v) is 8.68. The van der Waals surface area contributed by atoms with E-state index in [9.17, 15) is 0 Å². The maximum Gasteiger partial charge on any atom is 0.0719 e. The lowest BCUT2D eigenvalue weighted by molar-refractivity contribution is 0.0112. The summed E-state index contributed by atoms with van der Waals surface area (Å²) in [5, 5.41) is 0. The molecule has 0 aromatic carbocycles. The molecule has 0 aliphatic carbocycles. The Morgan fingerprint density at radius 3 is 2.33 bits per heavy atom. The van der Waals surface area contributed by atoms with Crippen LogP contribution in [0.2, 0.25) is 0 Å². The molecule has 0 spiro atoms. The fourth-order valence-corrected chi connectivity index (χ4v) is 0.975. The SMILES string of the molecule is C=CCC(C)(CC=C(C)C)OC. The Labute approximate surface area is 76.1 Å². The van der Waals surface area contributed by atoms with E-state index in [0.717, 1.165) is 12.8 Å². The van der Waals surface area contributed by atoms with Gasteiger partial charge in [0, 0.05) is 7.11 Å². The molecule has 0 bridgehead atoms. The van der Waals surface area contributed by atoms with Crippen LogP contribution in [0, 0.1) is 0 Å². The Kier molecular flexibility index (Phi) is 4.91. The summed E-state index contributed by atoms with van der Waals surface area (Å²) in [5.41, 5.74) is 1.27. The molecule has 1 heteroatoms. The molecular formula is C11H20O. The van der Waals surface area contributed by atoms with Crippen LogP contribution < -0.4 is 0 Å². The predicted octanol–water partition coefficient (Wildman–Crippen LogP) is 3.32. The van der Waals surface area contributed by atoms with Gasteiger partial charge in [-0.1, -0.05) is 17.7 Å². The number of rotatable bonds is 5. The smallest absolute Gasteiger partial charge is 0.0719 e. The van der Waals surface area contributed by atoms with Crippen molar-refractivity contribution in [1.82, 2.24) is 0 Å². The van der Waals surface area contributed by atoms with Crippen molar-refractivity contribution >= 4 is 0 Å². The molecule has 0 aromatic heterocycles. The summed E-state index contributed by atoms with van der Waals surface area (Å²) in [7, 11) is 1.75. The minimum atomic E-state index is -0.0704. The molecule has 0 radical (unpaired) electrons. The van der Waals surface area contributed by atoms with Gasteiger partial charge in [0.2, 0.25) is 0 Å². The van der Waals surface area contributed by atoms with Gasteiger partial charge in [0.1, 0.15) is 0 Å². The lowest BCUT2D eigenvalue weighted by atomic mass is 9.97. The van der Waals surface area contributed by atoms with Crippen LogP contribution in [0.1, 0.15) is 33.6 Å². The predicted molar refractivity (Wildman–Crippen MR) is 54.3 cm³/mol. The minimum Gasteiger partial charge on any atom is -0.378 e. The average molecular weight is 168 g/mol. The van der Waals surface area contributed by atoms with Gasteiger partial charge in [-0.2, -0.15) is 0 Å². The molecule has 1 nitrogen and oxygen atoms in total. The summed E-state index contributed by atoms with van der Waals surface area (Å²) in [4.78, 5) is 0. The molecule has 0 amide bonds. The van der Waals surface area contributed by atoms with Crippen LogP contribution in [-0.4, -0.2) is 12.7 Å². The van der Waals surface area contributed by atoms with Crippen LogP contribution in [0.15, 0.2) is 24.3 Å². The van der Waals surface area contributed by atoms with Crippen molar-refractivity contribution in [2.45, 2.75) is 39.2 Å². The van der Waals surface area contributed by atoms with Crippen molar-refractivity contribution in [3.8, 4) is 0 Å². The Hall–Kier alpha value is -0.560. The molecule has 0 saturated heterocycles. The van der Waals surface area contributed by atoms with Gasteiger partial charge in [-0.15, -0.1) is 6.58 Å². The Balaban J connectivity index is 4.13. The van der Waals surface area contributed by atoms with Gasteiger partial charge in [0.15, 0.2) is 0 Å². The van der Waals surface area contributed by atoms with Crippen molar-refractivity contribution in [3.05, 3.63) is 24.3 Å². The number of ether oxygens (including phenoxy) is 1. The maximum absolute atomic E-state index is 5.41. The molecule has 1 unspecified atom stereocenters. The van der Waals surface area contributed by atoms with E-state index in [1.54, 1.807) is 7.11 Å². The number of hydrogen-bond acceptors (Lipinski definition) is 1. The molecular weight excluding hydrogens is 148 g/mol. The lowest BCUT2D eigenvalue weighted by Crippen LogP contribution is -2.25. The van der Waals surface area contributed by atoms with Gasteiger partial charge in [-0.05, 0) is 33.6 Å². The summed E-state index contributed by atoms with van der Waals surface area (Å²) in [6.45, 7) is 10.0. The van der Waals surface area contributed by atoms with Gasteiger partial charge >= 0.3 is 0 Å². The summed E-state index contributed by atoms with van der Waals surface area (Å²) in [5.74, 6) is 0. The van der Waals surface area contributed by atoms with Gasteiger partial charge in [-0.25, -0.2) is 0 Å². The molecule has 0 aromatic rings. The van der Waals surface area contributed by atoms with Gasteiger partial charge < -0.3 is 4.74 Å². The summed E-state index contributed by atoms with van der Waals surface area (Å²) in [6, 6.07) is 0. The molecule has 0 rings (SSSR count). The third-order valence-electron chi connectivity index (χ3n) is 2.01. The summed E-state index contributed by atoms with van der Waals surface area (Å²) in [6.07, 6.45) is 5.96. The van der Waals surface area contributed by atoms with E-state index < -0.39 is 0 Å². The first-order valence-corrected chi connectivity index (χ1v) is 4.33. The minimum absolute atomic E-state index is 0.0704. The molecule has 0 N–H and O–H groups in total. The molecule has 0 heterocycles. The quantitative estimate of drug-likeness (QED) is 0.572. The molecule has 0 fully saturated rings. The second-order valence-electron chi connectivity index (χ2n) is 3.63. The second-order valence-corrected chi connectivity index (χ2v) is 3.63. The fraction of sp³-hybridized carbons (Fsp3) is 0.636. The van der Waals surface area contributed by atoms with E-state index in [1.807, 2.05) is 6.08 Å². The van der Waals surface area contributed by atoms with Crippen molar-refractivity contribution in [3.63, 3.8) is 0 Å². The van der Waals surface area contributed by atoms with E-state index in [4.69, 9.17) is 4.74 Å². The van der Waals surface area contributed by atoms with Crippen molar-refractivity contribution in [2.75, 3.05) is 7.11 Å². The van der Waals surface area contributed by atoms with E-state index in [0.29, 0.717) is 0 Å². The van der Waals surface area contributed by atoms with Gasteiger partial charge in [0.05, 0.1) is 5.60 Å². The highest BCUT2D eigenvalue weighted by Gasteiger charge is 2.19. The summed E-state index contributed by atoms with van der Waals surface area (Å²) < 4.78 is 5.41. The number of allylic oxidation sites excluding steroid dienone is 1. The highest BCUT2D eigenvalue weighted by Crippen LogP contribution is 2.20. The Morgan fingerprint density at radius 1 is 1.42 bits per heavy atom. The Bertz CT molecular complexity index is 166. The zero-order valence-electron chi connectivity index (χ0n) is 8.68. The van der Waals surface area contributed by atoms with E-state index in [1.165, 1.54) is 5.57 Å². The van der Waals surface area contributed by atoms with Crippen molar-refractivity contribution in [2.24, 2.45) is 0 Å². The lowest BCUT2D eigenvalue weighted by Gasteiger charge is -2.25. The first kappa shape index (κ1) is 11.4. The second kappa shape index (κ2) is 5.15. The average Bonchev–Trinajstić information content (AvgIpc) is 2.02. The highest BCUT2D eigenvalue weighted by atomic mass is 16.5. The molecule has 0 aliphatic heterocycles. The third kappa shape index (κ3) is 4.35. The fourth-order valence-electron chi connectivity index (χ4n) is 0.975.